The Bertz CT molecular complexity index is 765. The molecular formula is C18H20FNO4. The zero-order valence-corrected chi connectivity index (χ0v) is 13.7. The van der Waals surface area contributed by atoms with Crippen molar-refractivity contribution in [3.05, 3.63) is 46.0 Å². The highest BCUT2D eigenvalue weighted by Crippen LogP contribution is 2.38. The molecule has 1 heterocycles. The Labute approximate surface area is 139 Å². The van der Waals surface area contributed by atoms with Gasteiger partial charge in [-0.2, -0.15) is 0 Å². The van der Waals surface area contributed by atoms with E-state index < -0.39 is 17.8 Å². The van der Waals surface area contributed by atoms with E-state index in [1.54, 1.807) is 19.9 Å². The minimum absolute atomic E-state index is 0.0238. The molecule has 1 aliphatic rings. The molecule has 1 aliphatic heterocycles. The van der Waals surface area contributed by atoms with Gasteiger partial charge < -0.3 is 15.6 Å². The Hall–Kier alpha value is -2.63. The molecule has 0 aliphatic carbocycles. The van der Waals surface area contributed by atoms with E-state index >= 15 is 0 Å². The van der Waals surface area contributed by atoms with Crippen molar-refractivity contribution < 1.29 is 23.8 Å². The number of nitrogen functional groups attached to an aromatic ring is 1. The fourth-order valence-electron chi connectivity index (χ4n) is 2.90. The van der Waals surface area contributed by atoms with Crippen LogP contribution in [0.4, 0.5) is 10.1 Å². The molecular weight excluding hydrogens is 313 g/mol. The lowest BCUT2D eigenvalue weighted by Crippen LogP contribution is -2.09. The van der Waals surface area contributed by atoms with Crippen molar-refractivity contribution in [2.45, 2.75) is 39.7 Å². The number of hydrogen-bond donors (Lipinski definition) is 2. The molecule has 0 fully saturated rings. The van der Waals surface area contributed by atoms with E-state index in [1.807, 2.05) is 0 Å². The van der Waals surface area contributed by atoms with E-state index in [1.165, 1.54) is 0 Å². The molecule has 0 spiro atoms. The number of benzene rings is 1. The first-order valence-corrected chi connectivity index (χ1v) is 7.57. The van der Waals surface area contributed by atoms with Crippen molar-refractivity contribution in [2.24, 2.45) is 0 Å². The average Bonchev–Trinajstić information content (AvgIpc) is 2.89. The molecule has 0 atom stereocenters. The van der Waals surface area contributed by atoms with Crippen LogP contribution in [0.2, 0.25) is 0 Å². The van der Waals surface area contributed by atoms with Gasteiger partial charge in [-0.05, 0) is 37.8 Å². The largest absolute Gasteiger partial charge is 0.481 e. The zero-order chi connectivity index (χ0) is 18.0. The first-order chi connectivity index (χ1) is 11.2. The molecule has 5 nitrogen and oxygen atoms in total. The second-order valence-corrected chi connectivity index (χ2v) is 5.88. The maximum atomic E-state index is 14.0. The maximum Gasteiger partial charge on any atom is 0.341 e. The number of nitrogens with two attached hydrogens (primary N) is 1. The number of carboxylic acids is 1. The Kier molecular flexibility index (Phi) is 5.07. The van der Waals surface area contributed by atoms with Crippen molar-refractivity contribution in [2.75, 3.05) is 5.73 Å². The number of aliphatic carboxylic acids is 1. The Morgan fingerprint density at radius 3 is 2.71 bits per heavy atom. The molecule has 1 aromatic rings. The molecule has 0 saturated heterocycles. The summed E-state index contributed by atoms with van der Waals surface area (Å²) in [6, 6.07) is 0. The van der Waals surface area contributed by atoms with E-state index in [4.69, 9.17) is 15.6 Å². The zero-order valence-electron chi connectivity index (χ0n) is 13.7. The average molecular weight is 333 g/mol. The molecule has 0 amide bonds. The number of carboxylic acid groups (broad SMARTS) is 1. The minimum atomic E-state index is -0.879. The summed E-state index contributed by atoms with van der Waals surface area (Å²) in [6.07, 6.45) is 2.51. The predicted molar refractivity (Wildman–Crippen MR) is 89.2 cm³/mol. The second-order valence-electron chi connectivity index (χ2n) is 5.88. The van der Waals surface area contributed by atoms with Gasteiger partial charge >= 0.3 is 11.9 Å². The summed E-state index contributed by atoms with van der Waals surface area (Å²) < 4.78 is 19.0. The molecule has 0 unspecified atom stereocenters. The Morgan fingerprint density at radius 2 is 2.12 bits per heavy atom. The predicted octanol–water partition coefficient (Wildman–Crippen LogP) is 3.54. The number of fused-ring (bicyclic) bond motifs is 1. The number of halogens is 1. The monoisotopic (exact) mass is 333 g/mol. The Morgan fingerprint density at radius 1 is 1.46 bits per heavy atom. The van der Waals surface area contributed by atoms with Crippen LogP contribution in [0.5, 0.6) is 0 Å². The number of hydrogen-bond acceptors (Lipinski definition) is 4. The lowest BCUT2D eigenvalue weighted by Gasteiger charge is -2.16. The smallest absolute Gasteiger partial charge is 0.341 e. The van der Waals surface area contributed by atoms with E-state index in [2.05, 4.69) is 6.58 Å². The van der Waals surface area contributed by atoms with Gasteiger partial charge in [-0.3, -0.25) is 4.79 Å². The lowest BCUT2D eigenvalue weighted by atomic mass is 9.89. The third kappa shape index (κ3) is 3.32. The van der Waals surface area contributed by atoms with Crippen LogP contribution < -0.4 is 5.73 Å². The summed E-state index contributed by atoms with van der Waals surface area (Å²) in [4.78, 5) is 22.5. The van der Waals surface area contributed by atoms with Gasteiger partial charge in [0.05, 0.1) is 11.3 Å². The lowest BCUT2D eigenvalue weighted by molar-refractivity contribution is -0.136. The molecule has 3 N–H and O–H groups in total. The highest BCUT2D eigenvalue weighted by Gasteiger charge is 2.30. The minimum Gasteiger partial charge on any atom is -0.481 e. The topological polar surface area (TPSA) is 89.6 Å². The molecule has 0 aromatic heterocycles. The molecule has 1 aromatic carbocycles. The fraction of sp³-hybridized carbons (Fsp3) is 0.333. The number of carbonyl (C=O) groups is 2. The molecule has 24 heavy (non-hydrogen) atoms. The van der Waals surface area contributed by atoms with E-state index in [9.17, 15) is 14.0 Å². The quantitative estimate of drug-likeness (QED) is 0.472. The van der Waals surface area contributed by atoms with Gasteiger partial charge in [-0.15, -0.1) is 0 Å². The molecule has 6 heteroatoms. The van der Waals surface area contributed by atoms with Crippen LogP contribution in [0, 0.1) is 6.92 Å². The molecule has 2 rings (SSSR count). The van der Waals surface area contributed by atoms with Crippen LogP contribution >= 0.6 is 0 Å². The van der Waals surface area contributed by atoms with Crippen LogP contribution in [0.25, 0.3) is 5.83 Å². The number of cyclic esters (lactones) is 1. The maximum absolute atomic E-state index is 14.0. The number of rotatable bonds is 6. The van der Waals surface area contributed by atoms with Crippen LogP contribution in [0.15, 0.2) is 18.2 Å². The summed E-state index contributed by atoms with van der Waals surface area (Å²) in [7, 11) is 0. The SMILES string of the molecule is C=C(F)c1c(C)c2c(c(N)c1CC=C(C)CCC(=O)O)C(=O)OC2. The Balaban J connectivity index is 2.46. The second kappa shape index (κ2) is 6.86. The number of esters is 1. The van der Waals surface area contributed by atoms with E-state index in [-0.39, 0.29) is 25.1 Å². The fourth-order valence-corrected chi connectivity index (χ4v) is 2.90. The van der Waals surface area contributed by atoms with E-state index in [0.29, 0.717) is 34.2 Å². The third-order valence-corrected chi connectivity index (χ3v) is 4.24. The van der Waals surface area contributed by atoms with Crippen LogP contribution in [-0.4, -0.2) is 17.0 Å². The highest BCUT2D eigenvalue weighted by atomic mass is 19.1. The van der Waals surface area contributed by atoms with Gasteiger partial charge in [0.25, 0.3) is 0 Å². The summed E-state index contributed by atoms with van der Waals surface area (Å²) in [5.41, 5.74) is 9.44. The van der Waals surface area contributed by atoms with E-state index in [0.717, 1.165) is 5.57 Å². The number of carbonyl (C=O) groups excluding carboxylic acids is 1. The number of anilines is 1. The van der Waals surface area contributed by atoms with Crippen molar-refractivity contribution in [3.63, 3.8) is 0 Å². The van der Waals surface area contributed by atoms with Gasteiger partial charge in [-0.1, -0.05) is 18.2 Å². The van der Waals surface area contributed by atoms with Crippen LogP contribution in [0.1, 0.15) is 52.4 Å². The summed E-state index contributed by atoms with van der Waals surface area (Å²) in [5.74, 6) is -2.00. The standard InChI is InChI=1S/C18H20FNO4/c1-9(5-7-14(21)22)4-6-12-15(11(3)19)10(2)13-8-24-18(23)16(13)17(12)20/h4H,3,5-8,20H2,1-2H3,(H,21,22). The summed E-state index contributed by atoms with van der Waals surface area (Å²) in [5, 5.41) is 8.72. The molecule has 0 radical (unpaired) electrons. The number of ether oxygens (including phenoxy) is 1. The van der Waals surface area contributed by atoms with Crippen molar-refractivity contribution >= 4 is 23.5 Å². The van der Waals surface area contributed by atoms with Crippen molar-refractivity contribution in [1.29, 1.82) is 0 Å². The first kappa shape index (κ1) is 17.7. The third-order valence-electron chi connectivity index (χ3n) is 4.24. The van der Waals surface area contributed by atoms with Crippen LogP contribution in [0.3, 0.4) is 0 Å². The highest BCUT2D eigenvalue weighted by molar-refractivity contribution is 6.01. The molecule has 0 bridgehead atoms. The molecule has 0 saturated carbocycles. The molecule has 128 valence electrons. The van der Waals surface area contributed by atoms with Gasteiger partial charge in [0, 0.05) is 17.5 Å². The van der Waals surface area contributed by atoms with Gasteiger partial charge in [0.1, 0.15) is 12.4 Å². The first-order valence-electron chi connectivity index (χ1n) is 7.57. The van der Waals surface area contributed by atoms with Gasteiger partial charge in [-0.25, -0.2) is 9.18 Å². The number of allylic oxidation sites excluding steroid dienone is 2. The van der Waals surface area contributed by atoms with Crippen LogP contribution in [-0.2, 0) is 22.6 Å². The van der Waals surface area contributed by atoms with Crippen molar-refractivity contribution in [3.8, 4) is 0 Å². The van der Waals surface area contributed by atoms with Gasteiger partial charge in [0.15, 0.2) is 0 Å². The summed E-state index contributed by atoms with van der Waals surface area (Å²) in [6.45, 7) is 6.97. The van der Waals surface area contributed by atoms with Crippen molar-refractivity contribution in [1.82, 2.24) is 0 Å². The normalized spacial score (nSPS) is 13.6. The summed E-state index contributed by atoms with van der Waals surface area (Å²) >= 11 is 0. The van der Waals surface area contributed by atoms with Gasteiger partial charge in [0.2, 0.25) is 0 Å².